The van der Waals surface area contributed by atoms with Crippen LogP contribution in [-0.2, 0) is 9.59 Å². The van der Waals surface area contributed by atoms with E-state index in [0.29, 0.717) is 18.0 Å². The fraction of sp³-hybridized carbons (Fsp3) is 0.600. The molecule has 7 heteroatoms. The van der Waals surface area contributed by atoms with Crippen molar-refractivity contribution in [3.05, 3.63) is 47.5 Å². The molecular formula is C25H31ClF2N2O2. The van der Waals surface area contributed by atoms with E-state index < -0.39 is 17.9 Å². The summed E-state index contributed by atoms with van der Waals surface area (Å²) in [6, 6.07) is 7.55. The van der Waals surface area contributed by atoms with Crippen molar-refractivity contribution >= 4 is 23.4 Å². The van der Waals surface area contributed by atoms with E-state index in [1.54, 1.807) is 0 Å². The Hall–Kier alpha value is -1.95. The van der Waals surface area contributed by atoms with Crippen molar-refractivity contribution in [2.45, 2.75) is 51.4 Å². The minimum absolute atomic E-state index is 0.0206. The summed E-state index contributed by atoms with van der Waals surface area (Å²) in [5, 5.41) is 0.623. The second kappa shape index (κ2) is 8.12. The number of carbonyl (C=O) groups excluding carboxylic acids is 2. The highest BCUT2D eigenvalue weighted by atomic mass is 35.5. The van der Waals surface area contributed by atoms with E-state index in [1.807, 2.05) is 24.3 Å². The molecule has 3 fully saturated rings. The van der Waals surface area contributed by atoms with Gasteiger partial charge >= 0.3 is 0 Å². The Labute approximate surface area is 193 Å². The predicted octanol–water partition coefficient (Wildman–Crippen LogP) is 5.13. The Kier molecular flexibility index (Phi) is 5.89. The molecule has 0 N–H and O–H groups in total. The second-order valence-corrected chi connectivity index (χ2v) is 10.9. The van der Waals surface area contributed by atoms with Crippen molar-refractivity contribution in [3.8, 4) is 0 Å². The molecule has 2 atom stereocenters. The lowest BCUT2D eigenvalue weighted by Gasteiger charge is -2.57. The van der Waals surface area contributed by atoms with Gasteiger partial charge in [-0.3, -0.25) is 9.59 Å². The van der Waals surface area contributed by atoms with Gasteiger partial charge in [0.2, 0.25) is 11.8 Å². The monoisotopic (exact) mass is 464 g/mol. The smallest absolute Gasteiger partial charge is 0.274 e. The topological polar surface area (TPSA) is 40.6 Å². The molecule has 2 saturated heterocycles. The third-order valence-electron chi connectivity index (χ3n) is 7.82. The van der Waals surface area contributed by atoms with Gasteiger partial charge in [0.05, 0.1) is 12.0 Å². The van der Waals surface area contributed by atoms with E-state index in [9.17, 15) is 9.59 Å². The normalized spacial score (nSPS) is 28.2. The summed E-state index contributed by atoms with van der Waals surface area (Å²) in [5.74, 6) is -4.00. The zero-order valence-corrected chi connectivity index (χ0v) is 19.5. The van der Waals surface area contributed by atoms with E-state index in [1.165, 1.54) is 9.80 Å². The fourth-order valence-electron chi connectivity index (χ4n) is 5.78. The Bertz CT molecular complexity index is 926. The molecule has 4 nitrogen and oxygen atoms in total. The van der Waals surface area contributed by atoms with Gasteiger partial charge in [-0.05, 0) is 54.7 Å². The number of hydrogen-bond donors (Lipinski definition) is 0. The lowest BCUT2D eigenvalue weighted by molar-refractivity contribution is -0.223. The van der Waals surface area contributed by atoms with E-state index in [4.69, 9.17) is 11.6 Å². The standard InChI is InChI=1S/C25H31ClF2N2O2/c1-4-21(31)30-14-24(15-30)11-12-29(16-25(24,27)28)22(32)18-9-10-23(2,3)13-19(18)17-7-5-6-8-20(17)26/h4-8,18-19H,1,9-16H2,2-3H3/t18-,19+/m0/s1. The Morgan fingerprint density at radius 2 is 1.81 bits per heavy atom. The van der Waals surface area contributed by atoms with Crippen LogP contribution in [0.4, 0.5) is 8.78 Å². The van der Waals surface area contributed by atoms with Crippen LogP contribution in [-0.4, -0.2) is 53.7 Å². The van der Waals surface area contributed by atoms with E-state index in [0.717, 1.165) is 24.5 Å². The van der Waals surface area contributed by atoms with Crippen molar-refractivity contribution in [3.63, 3.8) is 0 Å². The lowest BCUT2D eigenvalue weighted by Crippen LogP contribution is -2.71. The van der Waals surface area contributed by atoms with Crippen LogP contribution in [0, 0.1) is 16.7 Å². The first-order valence-electron chi connectivity index (χ1n) is 11.3. The maximum atomic E-state index is 15.3. The van der Waals surface area contributed by atoms with Gasteiger partial charge in [0.1, 0.15) is 0 Å². The molecule has 174 valence electrons. The molecule has 0 bridgehead atoms. The average molecular weight is 465 g/mol. The number of alkyl halides is 2. The minimum Gasteiger partial charge on any atom is -0.337 e. The molecular weight excluding hydrogens is 434 g/mol. The molecule has 1 saturated carbocycles. The first-order chi connectivity index (χ1) is 15.0. The molecule has 2 heterocycles. The molecule has 32 heavy (non-hydrogen) atoms. The van der Waals surface area contributed by atoms with E-state index >= 15 is 8.78 Å². The molecule has 1 aliphatic carbocycles. The van der Waals surface area contributed by atoms with Crippen molar-refractivity contribution in [2.24, 2.45) is 16.7 Å². The predicted molar refractivity (Wildman–Crippen MR) is 121 cm³/mol. The third kappa shape index (κ3) is 3.95. The van der Waals surface area contributed by atoms with Crippen LogP contribution in [0.3, 0.4) is 0 Å². The summed E-state index contributed by atoms with van der Waals surface area (Å²) in [6.07, 6.45) is 3.68. The molecule has 3 aliphatic rings. The number of benzene rings is 1. The van der Waals surface area contributed by atoms with Crippen LogP contribution in [0.15, 0.2) is 36.9 Å². The zero-order chi connectivity index (χ0) is 23.3. The molecule has 1 spiro atoms. The van der Waals surface area contributed by atoms with Gasteiger partial charge in [0.25, 0.3) is 5.92 Å². The summed E-state index contributed by atoms with van der Waals surface area (Å²) in [5.41, 5.74) is -0.249. The summed E-state index contributed by atoms with van der Waals surface area (Å²) in [6.45, 7) is 7.54. The Morgan fingerprint density at radius 1 is 1.12 bits per heavy atom. The number of rotatable bonds is 3. The van der Waals surface area contributed by atoms with Gasteiger partial charge in [0.15, 0.2) is 0 Å². The summed E-state index contributed by atoms with van der Waals surface area (Å²) in [4.78, 5) is 28.1. The van der Waals surface area contributed by atoms with Crippen molar-refractivity contribution in [1.82, 2.24) is 9.80 Å². The van der Waals surface area contributed by atoms with Gasteiger partial charge in [-0.25, -0.2) is 8.78 Å². The zero-order valence-electron chi connectivity index (χ0n) is 18.8. The first kappa shape index (κ1) is 23.2. The van der Waals surface area contributed by atoms with Crippen molar-refractivity contribution in [2.75, 3.05) is 26.2 Å². The van der Waals surface area contributed by atoms with Crippen LogP contribution in [0.1, 0.15) is 51.0 Å². The maximum Gasteiger partial charge on any atom is 0.274 e. The van der Waals surface area contributed by atoms with Gasteiger partial charge in [-0.2, -0.15) is 0 Å². The first-order valence-corrected chi connectivity index (χ1v) is 11.7. The van der Waals surface area contributed by atoms with Crippen LogP contribution >= 0.6 is 11.6 Å². The van der Waals surface area contributed by atoms with Crippen LogP contribution < -0.4 is 0 Å². The van der Waals surface area contributed by atoms with E-state index in [-0.39, 0.29) is 48.6 Å². The Morgan fingerprint density at radius 3 is 2.44 bits per heavy atom. The molecule has 1 aromatic carbocycles. The number of amides is 2. The lowest BCUT2D eigenvalue weighted by atomic mass is 9.64. The number of halogens is 3. The molecule has 0 aromatic heterocycles. The van der Waals surface area contributed by atoms with Gasteiger partial charge in [0, 0.05) is 30.6 Å². The highest BCUT2D eigenvalue weighted by molar-refractivity contribution is 6.31. The molecule has 2 amide bonds. The average Bonchev–Trinajstić information content (AvgIpc) is 2.70. The van der Waals surface area contributed by atoms with E-state index in [2.05, 4.69) is 20.4 Å². The van der Waals surface area contributed by atoms with Gasteiger partial charge in [-0.1, -0.05) is 50.2 Å². The quantitative estimate of drug-likeness (QED) is 0.582. The van der Waals surface area contributed by atoms with Crippen LogP contribution in [0.5, 0.6) is 0 Å². The third-order valence-corrected chi connectivity index (χ3v) is 8.17. The van der Waals surface area contributed by atoms with Crippen LogP contribution in [0.2, 0.25) is 5.02 Å². The number of nitrogens with zero attached hydrogens (tertiary/aromatic N) is 2. The summed E-state index contributed by atoms with van der Waals surface area (Å²) < 4.78 is 30.5. The second-order valence-electron chi connectivity index (χ2n) is 10.5. The number of carbonyl (C=O) groups is 2. The highest BCUT2D eigenvalue weighted by Gasteiger charge is 2.64. The minimum atomic E-state index is -3.04. The summed E-state index contributed by atoms with van der Waals surface area (Å²) >= 11 is 6.48. The fourth-order valence-corrected chi connectivity index (χ4v) is 6.06. The van der Waals surface area contributed by atoms with Crippen molar-refractivity contribution in [1.29, 1.82) is 0 Å². The number of hydrogen-bond acceptors (Lipinski definition) is 2. The van der Waals surface area contributed by atoms with Gasteiger partial charge < -0.3 is 9.80 Å². The Balaban J connectivity index is 1.52. The molecule has 0 unspecified atom stereocenters. The highest BCUT2D eigenvalue weighted by Crippen LogP contribution is 2.52. The molecule has 0 radical (unpaired) electrons. The number of piperidine rings is 1. The van der Waals surface area contributed by atoms with Crippen LogP contribution in [0.25, 0.3) is 0 Å². The largest absolute Gasteiger partial charge is 0.337 e. The maximum absolute atomic E-state index is 15.3. The number of likely N-dealkylation sites (tertiary alicyclic amines) is 2. The summed E-state index contributed by atoms with van der Waals surface area (Å²) in [7, 11) is 0. The molecule has 4 rings (SSSR count). The SMILES string of the molecule is C=CC(=O)N1CC2(CCN(C(=O)[C@H]3CCC(C)(C)C[C@@H]3c3ccccc3Cl)CC2(F)F)C1. The van der Waals surface area contributed by atoms with Gasteiger partial charge in [-0.15, -0.1) is 0 Å². The molecule has 1 aromatic rings. The van der Waals surface area contributed by atoms with Crippen molar-refractivity contribution < 1.29 is 18.4 Å². The molecule has 2 aliphatic heterocycles.